The van der Waals surface area contributed by atoms with E-state index in [-0.39, 0.29) is 6.04 Å². The fourth-order valence-electron chi connectivity index (χ4n) is 2.03. The third kappa shape index (κ3) is 2.22. The number of rotatable bonds is 3. The molecule has 0 amide bonds. The van der Waals surface area contributed by atoms with E-state index in [0.717, 1.165) is 29.3 Å². The topological polar surface area (TPSA) is 56.7 Å². The maximum absolute atomic E-state index is 6.26. The summed E-state index contributed by atoms with van der Waals surface area (Å²) in [5.74, 6) is 0.890. The molecule has 1 atom stereocenters. The molecular formula is C13H18N4. The first kappa shape index (κ1) is 11.8. The first-order chi connectivity index (χ1) is 8.13. The van der Waals surface area contributed by atoms with Crippen LogP contribution in [0.4, 0.5) is 0 Å². The molecule has 4 heteroatoms. The van der Waals surface area contributed by atoms with E-state index in [1.54, 1.807) is 6.20 Å². The quantitative estimate of drug-likeness (QED) is 0.877. The molecule has 2 heterocycles. The summed E-state index contributed by atoms with van der Waals surface area (Å²) in [6, 6.07) is 3.82. The van der Waals surface area contributed by atoms with Crippen LogP contribution in [-0.2, 0) is 6.54 Å². The second kappa shape index (κ2) is 4.67. The number of hydrogen-bond donors (Lipinski definition) is 1. The minimum absolute atomic E-state index is 0.210. The number of hydrogen-bond acceptors (Lipinski definition) is 3. The Morgan fingerprint density at radius 2 is 2.12 bits per heavy atom. The highest BCUT2D eigenvalue weighted by Gasteiger charge is 2.16. The highest BCUT2D eigenvalue weighted by Crippen LogP contribution is 2.20. The molecule has 0 radical (unpaired) electrons. The van der Waals surface area contributed by atoms with Gasteiger partial charge in [-0.1, -0.05) is 6.07 Å². The standard InChI is InChI=1S/C13H18N4/c1-4-17-8-7-15-13(17)12(14)11-6-5-9(2)16-10(11)3/h5-8,12H,4,14H2,1-3H3. The summed E-state index contributed by atoms with van der Waals surface area (Å²) in [6.45, 7) is 6.93. The third-order valence-corrected chi connectivity index (χ3v) is 2.97. The van der Waals surface area contributed by atoms with Gasteiger partial charge in [0, 0.05) is 30.3 Å². The number of aromatic nitrogens is 3. The van der Waals surface area contributed by atoms with Gasteiger partial charge in [-0.25, -0.2) is 4.98 Å². The largest absolute Gasteiger partial charge is 0.334 e. The van der Waals surface area contributed by atoms with Gasteiger partial charge < -0.3 is 10.3 Å². The fourth-order valence-corrected chi connectivity index (χ4v) is 2.03. The Bertz CT molecular complexity index is 516. The number of aryl methyl sites for hydroxylation is 3. The summed E-state index contributed by atoms with van der Waals surface area (Å²) in [7, 11) is 0. The van der Waals surface area contributed by atoms with Gasteiger partial charge in [0.1, 0.15) is 5.82 Å². The van der Waals surface area contributed by atoms with Crippen molar-refractivity contribution in [2.45, 2.75) is 33.4 Å². The fraction of sp³-hybridized carbons (Fsp3) is 0.385. The molecular weight excluding hydrogens is 212 g/mol. The van der Waals surface area contributed by atoms with Gasteiger partial charge in [0.05, 0.1) is 6.04 Å². The van der Waals surface area contributed by atoms with Crippen LogP contribution in [0.25, 0.3) is 0 Å². The SMILES string of the molecule is CCn1ccnc1C(N)c1ccc(C)nc1C. The molecule has 2 rings (SSSR count). The van der Waals surface area contributed by atoms with Crippen molar-refractivity contribution in [3.63, 3.8) is 0 Å². The summed E-state index contributed by atoms with van der Waals surface area (Å²) >= 11 is 0. The average Bonchev–Trinajstić information content (AvgIpc) is 2.76. The molecule has 2 aromatic heterocycles. The molecule has 0 aromatic carbocycles. The monoisotopic (exact) mass is 230 g/mol. The van der Waals surface area contributed by atoms with Gasteiger partial charge in [-0.2, -0.15) is 0 Å². The second-order valence-electron chi connectivity index (χ2n) is 4.18. The van der Waals surface area contributed by atoms with E-state index in [2.05, 4.69) is 21.5 Å². The second-order valence-corrected chi connectivity index (χ2v) is 4.18. The molecule has 0 aliphatic carbocycles. The summed E-state index contributed by atoms with van der Waals surface area (Å²) in [5.41, 5.74) is 9.29. The molecule has 0 fully saturated rings. The first-order valence-corrected chi connectivity index (χ1v) is 5.84. The predicted octanol–water partition coefficient (Wildman–Crippen LogP) is 1.96. The number of nitrogens with two attached hydrogens (primary N) is 1. The Labute approximate surface area is 102 Å². The van der Waals surface area contributed by atoms with Gasteiger partial charge in [0.2, 0.25) is 0 Å². The Morgan fingerprint density at radius 3 is 2.76 bits per heavy atom. The highest BCUT2D eigenvalue weighted by molar-refractivity contribution is 5.29. The summed E-state index contributed by atoms with van der Waals surface area (Å²) < 4.78 is 2.06. The molecule has 0 saturated heterocycles. The van der Waals surface area contributed by atoms with Crippen molar-refractivity contribution in [3.05, 3.63) is 47.3 Å². The lowest BCUT2D eigenvalue weighted by molar-refractivity contribution is 0.652. The Balaban J connectivity index is 2.40. The Morgan fingerprint density at radius 1 is 1.35 bits per heavy atom. The zero-order valence-electron chi connectivity index (χ0n) is 10.5. The lowest BCUT2D eigenvalue weighted by Crippen LogP contribution is -2.19. The predicted molar refractivity (Wildman–Crippen MR) is 67.6 cm³/mol. The van der Waals surface area contributed by atoms with E-state index < -0.39 is 0 Å². The summed E-state index contributed by atoms with van der Waals surface area (Å²) in [4.78, 5) is 8.78. The molecule has 0 spiro atoms. The van der Waals surface area contributed by atoms with E-state index in [9.17, 15) is 0 Å². The van der Waals surface area contributed by atoms with E-state index in [1.807, 2.05) is 32.2 Å². The van der Waals surface area contributed by atoms with E-state index in [4.69, 9.17) is 5.73 Å². The van der Waals surface area contributed by atoms with Crippen LogP contribution in [0.15, 0.2) is 24.5 Å². The summed E-state index contributed by atoms with van der Waals surface area (Å²) in [5, 5.41) is 0. The molecule has 0 saturated carbocycles. The van der Waals surface area contributed by atoms with Crippen LogP contribution in [-0.4, -0.2) is 14.5 Å². The number of imidazole rings is 1. The van der Waals surface area contributed by atoms with Crippen molar-refractivity contribution in [1.29, 1.82) is 0 Å². The van der Waals surface area contributed by atoms with E-state index >= 15 is 0 Å². The minimum atomic E-state index is -0.210. The van der Waals surface area contributed by atoms with Crippen molar-refractivity contribution in [2.24, 2.45) is 5.73 Å². The molecule has 0 aliphatic heterocycles. The van der Waals surface area contributed by atoms with Crippen LogP contribution >= 0.6 is 0 Å². The number of pyridine rings is 1. The van der Waals surface area contributed by atoms with Crippen molar-refractivity contribution in [3.8, 4) is 0 Å². The number of nitrogens with zero attached hydrogens (tertiary/aromatic N) is 3. The third-order valence-electron chi connectivity index (χ3n) is 2.97. The molecule has 2 N–H and O–H groups in total. The molecule has 17 heavy (non-hydrogen) atoms. The molecule has 4 nitrogen and oxygen atoms in total. The first-order valence-electron chi connectivity index (χ1n) is 5.84. The van der Waals surface area contributed by atoms with Gasteiger partial charge in [0.15, 0.2) is 0 Å². The van der Waals surface area contributed by atoms with Crippen LogP contribution in [0.3, 0.4) is 0 Å². The average molecular weight is 230 g/mol. The molecule has 1 unspecified atom stereocenters. The van der Waals surface area contributed by atoms with Crippen LogP contribution < -0.4 is 5.73 Å². The van der Waals surface area contributed by atoms with Crippen molar-refractivity contribution >= 4 is 0 Å². The van der Waals surface area contributed by atoms with Gasteiger partial charge in [0.25, 0.3) is 0 Å². The van der Waals surface area contributed by atoms with Gasteiger partial charge in [-0.15, -0.1) is 0 Å². The molecule has 2 aromatic rings. The Hall–Kier alpha value is -1.68. The van der Waals surface area contributed by atoms with Crippen molar-refractivity contribution < 1.29 is 0 Å². The van der Waals surface area contributed by atoms with Crippen molar-refractivity contribution in [1.82, 2.24) is 14.5 Å². The van der Waals surface area contributed by atoms with E-state index in [0.29, 0.717) is 0 Å². The minimum Gasteiger partial charge on any atom is -0.334 e. The lowest BCUT2D eigenvalue weighted by Gasteiger charge is -2.15. The van der Waals surface area contributed by atoms with Gasteiger partial charge >= 0.3 is 0 Å². The smallest absolute Gasteiger partial charge is 0.130 e. The van der Waals surface area contributed by atoms with Crippen molar-refractivity contribution in [2.75, 3.05) is 0 Å². The van der Waals surface area contributed by atoms with Crippen LogP contribution in [0.1, 0.15) is 35.7 Å². The van der Waals surface area contributed by atoms with Gasteiger partial charge in [-0.3, -0.25) is 4.98 Å². The molecule has 0 bridgehead atoms. The van der Waals surface area contributed by atoms with Crippen LogP contribution in [0, 0.1) is 13.8 Å². The zero-order chi connectivity index (χ0) is 12.4. The normalized spacial score (nSPS) is 12.7. The molecule has 0 aliphatic rings. The van der Waals surface area contributed by atoms with Crippen LogP contribution in [0.2, 0.25) is 0 Å². The van der Waals surface area contributed by atoms with E-state index in [1.165, 1.54) is 0 Å². The maximum atomic E-state index is 6.26. The van der Waals surface area contributed by atoms with Crippen LogP contribution in [0.5, 0.6) is 0 Å². The highest BCUT2D eigenvalue weighted by atomic mass is 15.1. The lowest BCUT2D eigenvalue weighted by atomic mass is 10.1. The Kier molecular flexibility index (Phi) is 3.24. The maximum Gasteiger partial charge on any atom is 0.130 e. The molecule has 90 valence electrons. The van der Waals surface area contributed by atoms with Gasteiger partial charge in [-0.05, 0) is 32.4 Å². The summed E-state index contributed by atoms with van der Waals surface area (Å²) in [6.07, 6.45) is 3.74. The zero-order valence-corrected chi connectivity index (χ0v) is 10.5.